The average molecular weight is 436 g/mol. The Balaban J connectivity index is 1.80. The molecule has 0 saturated carbocycles. The van der Waals surface area contributed by atoms with Gasteiger partial charge < -0.3 is 10.2 Å². The summed E-state index contributed by atoms with van der Waals surface area (Å²) in [6.45, 7) is 5.50. The van der Waals surface area contributed by atoms with E-state index < -0.39 is 45.8 Å². The number of imide groups is 1. The monoisotopic (exact) mass is 435 g/mol. The zero-order valence-corrected chi connectivity index (χ0v) is 18.5. The Bertz CT molecular complexity index is 961. The van der Waals surface area contributed by atoms with Crippen molar-refractivity contribution in [2.75, 3.05) is 24.6 Å². The first-order chi connectivity index (χ1) is 14.1. The van der Waals surface area contributed by atoms with Crippen molar-refractivity contribution >= 4 is 27.7 Å². The van der Waals surface area contributed by atoms with Gasteiger partial charge in [-0.25, -0.2) is 13.2 Å². The van der Waals surface area contributed by atoms with E-state index in [1.54, 1.807) is 19.1 Å². The second-order valence-corrected chi connectivity index (χ2v) is 10.5. The van der Waals surface area contributed by atoms with Crippen LogP contribution in [0.15, 0.2) is 24.3 Å². The molecule has 0 aromatic heterocycles. The van der Waals surface area contributed by atoms with Gasteiger partial charge in [0.2, 0.25) is 5.91 Å². The van der Waals surface area contributed by atoms with Gasteiger partial charge in [0.25, 0.3) is 5.91 Å². The molecule has 1 aromatic carbocycles. The third-order valence-corrected chi connectivity index (χ3v) is 7.72. The number of unbranched alkanes of at least 4 members (excludes halogenated alkanes) is 1. The number of aryl methyl sites for hydroxylation is 1. The van der Waals surface area contributed by atoms with E-state index in [-0.39, 0.29) is 11.5 Å². The summed E-state index contributed by atoms with van der Waals surface area (Å²) in [6.07, 6.45) is 1.96. The van der Waals surface area contributed by atoms with E-state index in [2.05, 4.69) is 5.32 Å². The Hall–Kier alpha value is -2.42. The minimum atomic E-state index is -3.16. The molecule has 0 aliphatic carbocycles. The van der Waals surface area contributed by atoms with Gasteiger partial charge in [-0.3, -0.25) is 14.5 Å². The van der Waals surface area contributed by atoms with Crippen LogP contribution in [0.25, 0.3) is 0 Å². The van der Waals surface area contributed by atoms with Crippen LogP contribution in [0.2, 0.25) is 0 Å². The number of carbonyl (C=O) groups excluding carboxylic acids is 3. The van der Waals surface area contributed by atoms with E-state index >= 15 is 0 Å². The zero-order chi connectivity index (χ0) is 22.1. The van der Waals surface area contributed by atoms with Gasteiger partial charge in [-0.05, 0) is 37.8 Å². The fraction of sp³-hybridized carbons (Fsp3) is 0.571. The Labute approximate surface area is 177 Å². The highest BCUT2D eigenvalue weighted by Gasteiger charge is 2.50. The molecule has 2 aliphatic heterocycles. The van der Waals surface area contributed by atoms with Crippen LogP contribution in [-0.4, -0.2) is 66.7 Å². The molecule has 2 aliphatic rings. The number of nitrogens with one attached hydrogen (secondary N) is 1. The number of amides is 4. The molecular formula is C21H29N3O5S. The number of rotatable bonds is 7. The maximum Gasteiger partial charge on any atom is 0.325 e. The van der Waals surface area contributed by atoms with Crippen molar-refractivity contribution in [3.05, 3.63) is 35.4 Å². The van der Waals surface area contributed by atoms with Gasteiger partial charge in [0.15, 0.2) is 9.84 Å². The Morgan fingerprint density at radius 2 is 2.00 bits per heavy atom. The van der Waals surface area contributed by atoms with E-state index in [0.29, 0.717) is 18.5 Å². The molecule has 30 heavy (non-hydrogen) atoms. The molecule has 0 bridgehead atoms. The lowest BCUT2D eigenvalue weighted by Gasteiger charge is -2.30. The van der Waals surface area contributed by atoms with Crippen molar-refractivity contribution < 1.29 is 22.8 Å². The third kappa shape index (κ3) is 4.21. The van der Waals surface area contributed by atoms with Gasteiger partial charge in [0.1, 0.15) is 12.1 Å². The molecule has 8 nitrogen and oxygen atoms in total. The fourth-order valence-corrected chi connectivity index (χ4v) is 5.97. The van der Waals surface area contributed by atoms with E-state index in [1.165, 1.54) is 4.90 Å². The van der Waals surface area contributed by atoms with E-state index in [9.17, 15) is 22.8 Å². The summed E-state index contributed by atoms with van der Waals surface area (Å²) in [5, 5.41) is 2.73. The quantitative estimate of drug-likeness (QED) is 0.655. The lowest BCUT2D eigenvalue weighted by atomic mass is 9.88. The summed E-state index contributed by atoms with van der Waals surface area (Å²) in [5.74, 6) is -0.890. The van der Waals surface area contributed by atoms with Gasteiger partial charge in [-0.1, -0.05) is 37.6 Å². The van der Waals surface area contributed by atoms with Crippen LogP contribution in [0, 0.1) is 6.92 Å². The van der Waals surface area contributed by atoms with Crippen molar-refractivity contribution in [3.8, 4) is 0 Å². The molecule has 9 heteroatoms. The highest BCUT2D eigenvalue weighted by Crippen LogP contribution is 2.31. The summed E-state index contributed by atoms with van der Waals surface area (Å²) in [5.41, 5.74) is 0.304. The van der Waals surface area contributed by atoms with Crippen LogP contribution in [0.5, 0.6) is 0 Å². The maximum atomic E-state index is 13.2. The van der Waals surface area contributed by atoms with Crippen LogP contribution < -0.4 is 5.32 Å². The second kappa shape index (κ2) is 8.37. The van der Waals surface area contributed by atoms with Gasteiger partial charge in [-0.2, -0.15) is 0 Å². The molecule has 164 valence electrons. The minimum Gasteiger partial charge on any atom is -0.337 e. The highest BCUT2D eigenvalue weighted by molar-refractivity contribution is 7.91. The van der Waals surface area contributed by atoms with Crippen molar-refractivity contribution in [1.29, 1.82) is 0 Å². The van der Waals surface area contributed by atoms with E-state index in [1.807, 2.05) is 26.0 Å². The number of hydrogen-bond donors (Lipinski definition) is 1. The SMILES string of the molecule is CCCCN(C(=O)CN1C(=O)NC(C)(c2ccccc2C)C1=O)C1CCS(=O)(=O)C1. The first-order valence-electron chi connectivity index (χ1n) is 10.3. The average Bonchev–Trinajstić information content (AvgIpc) is 3.14. The van der Waals surface area contributed by atoms with Crippen molar-refractivity contribution in [1.82, 2.24) is 15.1 Å². The predicted molar refractivity (Wildman–Crippen MR) is 112 cm³/mol. The highest BCUT2D eigenvalue weighted by atomic mass is 32.2. The lowest BCUT2D eigenvalue weighted by molar-refractivity contribution is -0.140. The molecule has 2 unspecified atom stereocenters. The number of carbonyl (C=O) groups is 3. The number of hydrogen-bond acceptors (Lipinski definition) is 5. The normalized spacial score (nSPS) is 25.4. The minimum absolute atomic E-state index is 0.0576. The molecule has 2 fully saturated rings. The van der Waals surface area contributed by atoms with Gasteiger partial charge in [0, 0.05) is 12.6 Å². The number of urea groups is 1. The first-order valence-corrected chi connectivity index (χ1v) is 12.1. The Morgan fingerprint density at radius 3 is 2.60 bits per heavy atom. The second-order valence-electron chi connectivity index (χ2n) is 8.26. The van der Waals surface area contributed by atoms with Gasteiger partial charge >= 0.3 is 6.03 Å². The van der Waals surface area contributed by atoms with Crippen LogP contribution in [0.4, 0.5) is 4.79 Å². The molecule has 0 spiro atoms. The summed E-state index contributed by atoms with van der Waals surface area (Å²) in [7, 11) is -3.16. The summed E-state index contributed by atoms with van der Waals surface area (Å²) < 4.78 is 23.8. The molecular weight excluding hydrogens is 406 g/mol. The fourth-order valence-electron chi connectivity index (χ4n) is 4.24. The summed E-state index contributed by atoms with van der Waals surface area (Å²) in [4.78, 5) is 41.3. The van der Waals surface area contributed by atoms with Crippen LogP contribution >= 0.6 is 0 Å². The molecule has 0 radical (unpaired) electrons. The van der Waals surface area contributed by atoms with Gasteiger partial charge in [0.05, 0.1) is 11.5 Å². The van der Waals surface area contributed by atoms with E-state index in [4.69, 9.17) is 0 Å². The van der Waals surface area contributed by atoms with Crippen LogP contribution in [0.3, 0.4) is 0 Å². The van der Waals surface area contributed by atoms with Crippen molar-refractivity contribution in [2.24, 2.45) is 0 Å². The summed E-state index contributed by atoms with van der Waals surface area (Å²) in [6, 6.07) is 6.28. The zero-order valence-electron chi connectivity index (χ0n) is 17.7. The van der Waals surface area contributed by atoms with Gasteiger partial charge in [-0.15, -0.1) is 0 Å². The number of nitrogens with zero attached hydrogens (tertiary/aromatic N) is 2. The Morgan fingerprint density at radius 1 is 1.30 bits per heavy atom. The van der Waals surface area contributed by atoms with Crippen LogP contribution in [-0.2, 0) is 25.0 Å². The van der Waals surface area contributed by atoms with Crippen molar-refractivity contribution in [2.45, 2.75) is 51.6 Å². The molecule has 1 aromatic rings. The molecule has 4 amide bonds. The molecule has 2 atom stereocenters. The Kier molecular flexibility index (Phi) is 6.21. The largest absolute Gasteiger partial charge is 0.337 e. The summed E-state index contributed by atoms with van der Waals surface area (Å²) >= 11 is 0. The van der Waals surface area contributed by atoms with Crippen LogP contribution in [0.1, 0.15) is 44.2 Å². The smallest absolute Gasteiger partial charge is 0.325 e. The lowest BCUT2D eigenvalue weighted by Crippen LogP contribution is -2.48. The molecule has 3 rings (SSSR count). The molecule has 1 N–H and O–H groups in total. The molecule has 2 saturated heterocycles. The van der Waals surface area contributed by atoms with Crippen molar-refractivity contribution in [3.63, 3.8) is 0 Å². The topological polar surface area (TPSA) is 104 Å². The maximum absolute atomic E-state index is 13.2. The molecule has 2 heterocycles. The number of sulfone groups is 1. The third-order valence-electron chi connectivity index (χ3n) is 5.97. The number of benzene rings is 1. The van der Waals surface area contributed by atoms with E-state index in [0.717, 1.165) is 23.3 Å². The first kappa shape index (κ1) is 22.3. The standard InChI is InChI=1S/C21H29N3O5S/c1-4-5-11-23(16-10-12-30(28,29)14-16)18(25)13-24-19(26)21(3,22-20(24)27)17-9-7-6-8-15(17)2/h6-9,16H,4-5,10-14H2,1-3H3,(H,22,27). The predicted octanol–water partition coefficient (Wildman–Crippen LogP) is 1.58.